The molecule has 3 aromatic rings. The topological polar surface area (TPSA) is 7.34 Å². The van der Waals surface area contributed by atoms with Gasteiger partial charge in [0.15, 0.2) is 12.4 Å². The molecule has 0 amide bonds. The van der Waals surface area contributed by atoms with E-state index in [1.807, 2.05) is 44.7 Å². The van der Waals surface area contributed by atoms with E-state index in [0.29, 0.717) is 0 Å². The number of nitrogens with zero attached hydrogens (tertiary/aromatic N) is 2. The first-order valence-electron chi connectivity index (χ1n) is 6.92. The molecular weight excluding hydrogens is 256 g/mol. The van der Waals surface area contributed by atoms with Crippen LogP contribution in [0.1, 0.15) is 11.1 Å². The third kappa shape index (κ3) is 3.04. The van der Waals surface area contributed by atoms with Gasteiger partial charge in [0, 0.05) is 55.2 Å². The van der Waals surface area contributed by atoms with Crippen molar-refractivity contribution in [3.63, 3.8) is 0 Å². The first-order valence-corrected chi connectivity index (χ1v) is 6.92. The highest BCUT2D eigenvalue weighted by atomic mass is 15.1. The second-order valence-electron chi connectivity index (χ2n) is 5.14. The van der Waals surface area contributed by atoms with Gasteiger partial charge < -0.3 is 4.90 Å². The van der Waals surface area contributed by atoms with Crippen LogP contribution in [0.3, 0.4) is 0 Å². The number of benzene rings is 1. The molecule has 0 unspecified atom stereocenters. The summed E-state index contributed by atoms with van der Waals surface area (Å²) in [6.07, 6.45) is 4.07. The Morgan fingerprint density at radius 1 is 0.810 bits per heavy atom. The van der Waals surface area contributed by atoms with Crippen molar-refractivity contribution in [3.05, 3.63) is 78.1 Å². The molecule has 0 saturated heterocycles. The Morgan fingerprint density at radius 3 is 2.33 bits per heavy atom. The highest BCUT2D eigenvalue weighted by molar-refractivity contribution is 5.52. The molecule has 0 aliphatic rings. The minimum atomic E-state index is 1.03. The predicted octanol–water partition coefficient (Wildman–Crippen LogP) is 2.89. The summed E-state index contributed by atoms with van der Waals surface area (Å²) in [7, 11) is 4.07. The van der Waals surface area contributed by atoms with Gasteiger partial charge in [-0.2, -0.15) is 4.40 Å². The molecule has 0 radical (unpaired) electrons. The first kappa shape index (κ1) is 13.2. The Bertz CT molecular complexity index is 821. The van der Waals surface area contributed by atoms with E-state index >= 15 is 0 Å². The van der Waals surface area contributed by atoms with Crippen LogP contribution in [0.5, 0.6) is 0 Å². The molecular formula is C19H17N2+. The SMILES string of the molecule is CN(C)c1ccc(C#Cc2cc[n+]3ccccc3c2)cc1. The lowest BCUT2D eigenvalue weighted by Crippen LogP contribution is -2.19. The highest BCUT2D eigenvalue weighted by Crippen LogP contribution is 2.11. The van der Waals surface area contributed by atoms with Crippen molar-refractivity contribution in [1.29, 1.82) is 0 Å². The summed E-state index contributed by atoms with van der Waals surface area (Å²) in [5.41, 5.74) is 4.38. The Balaban J connectivity index is 1.88. The number of rotatable bonds is 1. The molecule has 3 rings (SSSR count). The van der Waals surface area contributed by atoms with Crippen molar-refractivity contribution in [3.8, 4) is 11.8 Å². The largest absolute Gasteiger partial charge is 0.378 e. The van der Waals surface area contributed by atoms with E-state index < -0.39 is 0 Å². The number of pyridine rings is 2. The molecule has 0 fully saturated rings. The Labute approximate surface area is 125 Å². The summed E-state index contributed by atoms with van der Waals surface area (Å²) in [4.78, 5) is 2.08. The average Bonchev–Trinajstić information content (AvgIpc) is 2.53. The molecule has 2 heterocycles. The number of fused-ring (bicyclic) bond motifs is 1. The van der Waals surface area contributed by atoms with Crippen molar-refractivity contribution >= 4 is 11.2 Å². The minimum Gasteiger partial charge on any atom is -0.378 e. The summed E-state index contributed by atoms with van der Waals surface area (Å²) in [6, 6.07) is 18.5. The third-order valence-corrected chi connectivity index (χ3v) is 3.38. The quantitative estimate of drug-likeness (QED) is 0.488. The van der Waals surface area contributed by atoms with Crippen LogP contribution < -0.4 is 9.30 Å². The maximum absolute atomic E-state index is 3.22. The third-order valence-electron chi connectivity index (χ3n) is 3.38. The lowest BCUT2D eigenvalue weighted by molar-refractivity contribution is -0.512. The zero-order valence-electron chi connectivity index (χ0n) is 12.2. The van der Waals surface area contributed by atoms with Gasteiger partial charge in [-0.3, -0.25) is 0 Å². The van der Waals surface area contributed by atoms with Crippen molar-refractivity contribution in [2.24, 2.45) is 0 Å². The van der Waals surface area contributed by atoms with Crippen molar-refractivity contribution in [2.45, 2.75) is 0 Å². The molecule has 0 spiro atoms. The van der Waals surface area contributed by atoms with Gasteiger partial charge in [-0.05, 0) is 30.3 Å². The Kier molecular flexibility index (Phi) is 3.57. The number of hydrogen-bond donors (Lipinski definition) is 0. The van der Waals surface area contributed by atoms with E-state index in [2.05, 4.69) is 57.5 Å². The fourth-order valence-corrected chi connectivity index (χ4v) is 2.16. The molecule has 1 aromatic carbocycles. The van der Waals surface area contributed by atoms with Gasteiger partial charge in [0.05, 0.1) is 0 Å². The van der Waals surface area contributed by atoms with Crippen LogP contribution in [-0.2, 0) is 0 Å². The van der Waals surface area contributed by atoms with Crippen LogP contribution in [0, 0.1) is 11.8 Å². The van der Waals surface area contributed by atoms with Gasteiger partial charge in [0.25, 0.3) is 0 Å². The van der Waals surface area contributed by atoms with Crippen LogP contribution >= 0.6 is 0 Å². The van der Waals surface area contributed by atoms with Crippen molar-refractivity contribution < 1.29 is 4.40 Å². The molecule has 0 aliphatic heterocycles. The van der Waals surface area contributed by atoms with E-state index in [4.69, 9.17) is 0 Å². The van der Waals surface area contributed by atoms with Crippen LogP contribution in [0.25, 0.3) is 5.52 Å². The number of aromatic nitrogens is 1. The van der Waals surface area contributed by atoms with Crippen molar-refractivity contribution in [1.82, 2.24) is 0 Å². The molecule has 102 valence electrons. The lowest BCUT2D eigenvalue weighted by atomic mass is 10.1. The normalized spacial score (nSPS) is 10.0. The summed E-state index contributed by atoms with van der Waals surface area (Å²) in [6.45, 7) is 0. The van der Waals surface area contributed by atoms with Crippen LogP contribution in [0.2, 0.25) is 0 Å². The summed E-state index contributed by atoms with van der Waals surface area (Å²) < 4.78 is 2.08. The second-order valence-corrected chi connectivity index (χ2v) is 5.14. The van der Waals surface area contributed by atoms with E-state index in [1.165, 1.54) is 5.69 Å². The van der Waals surface area contributed by atoms with Gasteiger partial charge in [-0.1, -0.05) is 11.8 Å². The molecule has 0 aliphatic carbocycles. The molecule has 0 saturated carbocycles. The lowest BCUT2D eigenvalue weighted by Gasteiger charge is -2.11. The van der Waals surface area contributed by atoms with Crippen LogP contribution in [0.15, 0.2) is 67.0 Å². The van der Waals surface area contributed by atoms with Gasteiger partial charge in [-0.25, -0.2) is 0 Å². The summed E-state index contributed by atoms with van der Waals surface area (Å²) in [5.74, 6) is 6.44. The monoisotopic (exact) mass is 273 g/mol. The zero-order valence-corrected chi connectivity index (χ0v) is 12.2. The van der Waals surface area contributed by atoms with Gasteiger partial charge in [0.1, 0.15) is 0 Å². The highest BCUT2D eigenvalue weighted by Gasteiger charge is 2.00. The summed E-state index contributed by atoms with van der Waals surface area (Å²) in [5, 5.41) is 0. The Hall–Kier alpha value is -2.79. The maximum Gasteiger partial charge on any atom is 0.211 e. The maximum atomic E-state index is 3.22. The molecule has 2 heteroatoms. The van der Waals surface area contributed by atoms with Crippen LogP contribution in [-0.4, -0.2) is 14.1 Å². The fourth-order valence-electron chi connectivity index (χ4n) is 2.16. The van der Waals surface area contributed by atoms with E-state index in [1.54, 1.807) is 0 Å². The number of anilines is 1. The molecule has 0 N–H and O–H groups in total. The first-order chi connectivity index (χ1) is 10.2. The average molecular weight is 273 g/mol. The number of hydrogen-bond acceptors (Lipinski definition) is 1. The molecule has 2 aromatic heterocycles. The predicted molar refractivity (Wildman–Crippen MR) is 86.4 cm³/mol. The van der Waals surface area contributed by atoms with Crippen LogP contribution in [0.4, 0.5) is 5.69 Å². The molecule has 2 nitrogen and oxygen atoms in total. The molecule has 0 atom stereocenters. The smallest absolute Gasteiger partial charge is 0.211 e. The van der Waals surface area contributed by atoms with E-state index in [9.17, 15) is 0 Å². The molecule has 0 bridgehead atoms. The fraction of sp³-hybridized carbons (Fsp3) is 0.105. The van der Waals surface area contributed by atoms with Gasteiger partial charge in [0.2, 0.25) is 5.52 Å². The van der Waals surface area contributed by atoms with Crippen molar-refractivity contribution in [2.75, 3.05) is 19.0 Å². The standard InChI is InChI=1S/C19H17N2/c1-20(2)18-10-8-16(9-11-18)6-7-17-12-14-21-13-4-3-5-19(21)15-17/h3-5,8-15H,1-2H3/q+1. The Morgan fingerprint density at radius 2 is 1.57 bits per heavy atom. The van der Waals surface area contributed by atoms with E-state index in [-0.39, 0.29) is 0 Å². The van der Waals surface area contributed by atoms with E-state index in [0.717, 1.165) is 16.6 Å². The van der Waals surface area contributed by atoms with Gasteiger partial charge >= 0.3 is 0 Å². The second kappa shape index (κ2) is 5.68. The van der Waals surface area contributed by atoms with Gasteiger partial charge in [-0.15, -0.1) is 0 Å². The molecule has 21 heavy (non-hydrogen) atoms. The summed E-state index contributed by atoms with van der Waals surface area (Å²) >= 11 is 0. The zero-order chi connectivity index (χ0) is 14.7. The minimum absolute atomic E-state index is 1.03.